The fraction of sp³-hybridized carbons (Fsp3) is 0.278. The number of aromatic amines is 1. The quantitative estimate of drug-likeness (QED) is 0.578. The van der Waals surface area contributed by atoms with E-state index in [9.17, 15) is 4.79 Å². The number of halogens is 1. The molecule has 3 aromatic rings. The summed E-state index contributed by atoms with van der Waals surface area (Å²) in [6.07, 6.45) is 2.72. The van der Waals surface area contributed by atoms with Gasteiger partial charge >= 0.3 is 0 Å². The van der Waals surface area contributed by atoms with Gasteiger partial charge in [-0.15, -0.1) is 0 Å². The Morgan fingerprint density at radius 2 is 2.23 bits per heavy atom. The van der Waals surface area contributed by atoms with Gasteiger partial charge in [0.15, 0.2) is 0 Å². The van der Waals surface area contributed by atoms with Crippen LogP contribution in [0.4, 0.5) is 0 Å². The molecule has 1 aromatic carbocycles. The van der Waals surface area contributed by atoms with Crippen LogP contribution in [0.25, 0.3) is 11.3 Å². The summed E-state index contributed by atoms with van der Waals surface area (Å²) in [5.74, 6) is 0.571. The summed E-state index contributed by atoms with van der Waals surface area (Å²) < 4.78 is 8.07. The zero-order chi connectivity index (χ0) is 18.5. The average Bonchev–Trinajstić information content (AvgIpc) is 3.26. The summed E-state index contributed by atoms with van der Waals surface area (Å²) in [7, 11) is 1.62. The topological polar surface area (TPSA) is 84.8 Å². The number of nitrogens with zero attached hydrogens (tertiary/aromatic N) is 3. The SMILES string of the molecule is COc1cccc(-c2cc(C(=O)NCCCn3cc(Br)c(C)n3)[nH]n2)c1. The molecule has 26 heavy (non-hydrogen) atoms. The van der Waals surface area contributed by atoms with E-state index < -0.39 is 0 Å². The molecule has 0 aliphatic rings. The van der Waals surface area contributed by atoms with Crippen molar-refractivity contribution in [3.8, 4) is 17.0 Å². The monoisotopic (exact) mass is 417 g/mol. The number of carbonyl (C=O) groups is 1. The maximum Gasteiger partial charge on any atom is 0.269 e. The molecular formula is C18H20BrN5O2. The maximum atomic E-state index is 12.2. The number of benzene rings is 1. The lowest BCUT2D eigenvalue weighted by atomic mass is 10.1. The van der Waals surface area contributed by atoms with Crippen LogP contribution < -0.4 is 10.1 Å². The Morgan fingerprint density at radius 3 is 2.96 bits per heavy atom. The van der Waals surface area contributed by atoms with Crippen molar-refractivity contribution in [3.63, 3.8) is 0 Å². The summed E-state index contributed by atoms with van der Waals surface area (Å²) in [4.78, 5) is 12.2. The predicted molar refractivity (Wildman–Crippen MR) is 102 cm³/mol. The van der Waals surface area contributed by atoms with E-state index in [1.807, 2.05) is 42.1 Å². The Hall–Kier alpha value is -2.61. The second-order valence-corrected chi connectivity index (χ2v) is 6.69. The Balaban J connectivity index is 1.53. The number of nitrogens with one attached hydrogen (secondary N) is 2. The molecule has 0 unspecified atom stereocenters. The van der Waals surface area contributed by atoms with Gasteiger partial charge in [0.1, 0.15) is 11.4 Å². The van der Waals surface area contributed by atoms with E-state index in [1.165, 1.54) is 0 Å². The van der Waals surface area contributed by atoms with Gasteiger partial charge in [-0.2, -0.15) is 10.2 Å². The van der Waals surface area contributed by atoms with E-state index in [2.05, 4.69) is 36.5 Å². The minimum Gasteiger partial charge on any atom is -0.497 e. The summed E-state index contributed by atoms with van der Waals surface area (Å²) in [6.45, 7) is 3.24. The number of ether oxygens (including phenoxy) is 1. The molecule has 2 aromatic heterocycles. The van der Waals surface area contributed by atoms with Crippen LogP contribution in [0, 0.1) is 6.92 Å². The number of amides is 1. The predicted octanol–water partition coefficient (Wildman–Crippen LogP) is 3.17. The number of hydrogen-bond acceptors (Lipinski definition) is 4. The molecule has 1 amide bonds. The Bertz CT molecular complexity index is 883. The first-order chi connectivity index (χ1) is 12.6. The minimum atomic E-state index is -0.176. The van der Waals surface area contributed by atoms with Gasteiger partial charge in [-0.1, -0.05) is 12.1 Å². The van der Waals surface area contributed by atoms with Gasteiger partial charge in [-0.05, 0) is 47.5 Å². The first-order valence-corrected chi connectivity index (χ1v) is 9.03. The Morgan fingerprint density at radius 1 is 1.38 bits per heavy atom. The highest BCUT2D eigenvalue weighted by Crippen LogP contribution is 2.22. The molecule has 3 rings (SSSR count). The van der Waals surface area contributed by atoms with Crippen molar-refractivity contribution in [2.24, 2.45) is 0 Å². The smallest absolute Gasteiger partial charge is 0.269 e. The number of rotatable bonds is 7. The molecule has 0 saturated heterocycles. The third-order valence-corrected chi connectivity index (χ3v) is 4.70. The minimum absolute atomic E-state index is 0.176. The van der Waals surface area contributed by atoms with Gasteiger partial charge in [-0.3, -0.25) is 14.6 Å². The fourth-order valence-corrected chi connectivity index (χ4v) is 2.83. The van der Waals surface area contributed by atoms with E-state index in [1.54, 1.807) is 13.2 Å². The van der Waals surface area contributed by atoms with Crippen LogP contribution >= 0.6 is 15.9 Å². The lowest BCUT2D eigenvalue weighted by Crippen LogP contribution is -2.25. The molecular weight excluding hydrogens is 398 g/mol. The zero-order valence-electron chi connectivity index (χ0n) is 14.6. The van der Waals surface area contributed by atoms with E-state index in [0.717, 1.165) is 34.4 Å². The standard InChI is InChI=1S/C18H20BrN5O2/c1-12-15(19)11-24(23-12)8-4-7-20-18(25)17-10-16(21-22-17)13-5-3-6-14(9-13)26-2/h3,5-6,9-11H,4,7-8H2,1-2H3,(H,20,25)(H,21,22). The van der Waals surface area contributed by atoms with Crippen molar-refractivity contribution in [1.82, 2.24) is 25.3 Å². The average molecular weight is 418 g/mol. The van der Waals surface area contributed by atoms with Gasteiger partial charge in [0.05, 0.1) is 23.0 Å². The maximum absolute atomic E-state index is 12.2. The molecule has 7 nitrogen and oxygen atoms in total. The first kappa shape index (κ1) is 18.2. The van der Waals surface area contributed by atoms with Crippen LogP contribution in [-0.4, -0.2) is 39.5 Å². The van der Waals surface area contributed by atoms with Crippen molar-refractivity contribution >= 4 is 21.8 Å². The van der Waals surface area contributed by atoms with Crippen molar-refractivity contribution in [2.45, 2.75) is 19.9 Å². The van der Waals surface area contributed by atoms with Crippen LogP contribution in [0.5, 0.6) is 5.75 Å². The number of methoxy groups -OCH3 is 1. The molecule has 0 aliphatic carbocycles. The van der Waals surface area contributed by atoms with Gasteiger partial charge in [0.2, 0.25) is 0 Å². The largest absolute Gasteiger partial charge is 0.497 e. The number of H-pyrrole nitrogens is 1. The molecule has 0 bridgehead atoms. The summed E-state index contributed by atoms with van der Waals surface area (Å²) in [6, 6.07) is 9.28. The lowest BCUT2D eigenvalue weighted by molar-refractivity contribution is 0.0947. The third kappa shape index (κ3) is 4.32. The van der Waals surface area contributed by atoms with Crippen molar-refractivity contribution in [2.75, 3.05) is 13.7 Å². The van der Waals surface area contributed by atoms with Crippen LogP contribution in [0.2, 0.25) is 0 Å². The molecule has 0 saturated carbocycles. The molecule has 8 heteroatoms. The third-order valence-electron chi connectivity index (χ3n) is 3.92. The summed E-state index contributed by atoms with van der Waals surface area (Å²) in [5, 5.41) is 14.3. The first-order valence-electron chi connectivity index (χ1n) is 8.24. The zero-order valence-corrected chi connectivity index (χ0v) is 16.2. The lowest BCUT2D eigenvalue weighted by Gasteiger charge is -2.04. The highest BCUT2D eigenvalue weighted by molar-refractivity contribution is 9.10. The van der Waals surface area contributed by atoms with Crippen LogP contribution in [0.3, 0.4) is 0 Å². The summed E-state index contributed by atoms with van der Waals surface area (Å²) >= 11 is 3.44. The Labute approximate surface area is 159 Å². The van der Waals surface area contributed by atoms with Gasteiger partial charge < -0.3 is 10.1 Å². The molecule has 2 N–H and O–H groups in total. The molecule has 0 aliphatic heterocycles. The van der Waals surface area contributed by atoms with Crippen LogP contribution in [0.1, 0.15) is 22.6 Å². The fourth-order valence-electron chi connectivity index (χ4n) is 2.51. The van der Waals surface area contributed by atoms with E-state index in [4.69, 9.17) is 4.74 Å². The molecule has 2 heterocycles. The second-order valence-electron chi connectivity index (χ2n) is 5.83. The van der Waals surface area contributed by atoms with Crippen molar-refractivity contribution < 1.29 is 9.53 Å². The molecule has 0 radical (unpaired) electrons. The highest BCUT2D eigenvalue weighted by Gasteiger charge is 2.11. The molecule has 0 atom stereocenters. The highest BCUT2D eigenvalue weighted by atomic mass is 79.9. The van der Waals surface area contributed by atoms with Crippen LogP contribution in [0.15, 0.2) is 41.0 Å². The van der Waals surface area contributed by atoms with Gasteiger partial charge in [-0.25, -0.2) is 0 Å². The normalized spacial score (nSPS) is 10.7. The van der Waals surface area contributed by atoms with Crippen molar-refractivity contribution in [3.05, 3.63) is 52.4 Å². The number of aryl methyl sites for hydroxylation is 2. The van der Waals surface area contributed by atoms with Crippen molar-refractivity contribution in [1.29, 1.82) is 0 Å². The van der Waals surface area contributed by atoms with E-state index in [0.29, 0.717) is 17.9 Å². The number of carbonyl (C=O) groups excluding carboxylic acids is 1. The molecule has 136 valence electrons. The van der Waals surface area contributed by atoms with E-state index >= 15 is 0 Å². The van der Waals surface area contributed by atoms with Crippen LogP contribution in [-0.2, 0) is 6.54 Å². The second kappa shape index (κ2) is 8.18. The van der Waals surface area contributed by atoms with E-state index in [-0.39, 0.29) is 5.91 Å². The van der Waals surface area contributed by atoms with Gasteiger partial charge in [0, 0.05) is 24.8 Å². The molecule has 0 spiro atoms. The van der Waals surface area contributed by atoms with Gasteiger partial charge in [0.25, 0.3) is 5.91 Å². The number of aromatic nitrogens is 4. The number of hydrogen-bond donors (Lipinski definition) is 2. The summed E-state index contributed by atoms with van der Waals surface area (Å²) in [5.41, 5.74) is 2.97. The molecule has 0 fully saturated rings. The Kier molecular flexibility index (Phi) is 5.72.